The standard InChI is InChI=1S/C15H24ClN5S.HI/c1-11(22-3)9-19-15(17-2)20-12-6-8-21(10-12)14-13(16)5-4-7-18-14;/h4-5,7,11-12H,6,8-10H2,1-3H3,(H2,17,19,20);1H. The second-order valence-electron chi connectivity index (χ2n) is 5.38. The van der Waals surface area contributed by atoms with Crippen LogP contribution in [0.15, 0.2) is 23.3 Å². The van der Waals surface area contributed by atoms with Gasteiger partial charge in [-0.2, -0.15) is 11.8 Å². The maximum atomic E-state index is 6.22. The van der Waals surface area contributed by atoms with Gasteiger partial charge in [0, 0.05) is 44.2 Å². The van der Waals surface area contributed by atoms with Crippen molar-refractivity contribution in [2.45, 2.75) is 24.6 Å². The van der Waals surface area contributed by atoms with Gasteiger partial charge in [-0.05, 0) is 24.8 Å². The highest BCUT2D eigenvalue weighted by molar-refractivity contribution is 14.0. The van der Waals surface area contributed by atoms with Gasteiger partial charge in [-0.1, -0.05) is 18.5 Å². The van der Waals surface area contributed by atoms with Crippen LogP contribution in [-0.2, 0) is 0 Å². The lowest BCUT2D eigenvalue weighted by Gasteiger charge is -2.21. The largest absolute Gasteiger partial charge is 0.355 e. The van der Waals surface area contributed by atoms with Crippen LogP contribution in [0.5, 0.6) is 0 Å². The molecule has 2 rings (SSSR count). The molecule has 0 radical (unpaired) electrons. The summed E-state index contributed by atoms with van der Waals surface area (Å²) in [4.78, 5) is 10.9. The molecule has 1 aliphatic heterocycles. The number of nitrogens with zero attached hydrogens (tertiary/aromatic N) is 3. The molecule has 0 amide bonds. The zero-order valence-electron chi connectivity index (χ0n) is 13.8. The molecule has 5 nitrogen and oxygen atoms in total. The van der Waals surface area contributed by atoms with Crippen molar-refractivity contribution in [2.24, 2.45) is 4.99 Å². The third kappa shape index (κ3) is 6.19. The zero-order chi connectivity index (χ0) is 15.9. The summed E-state index contributed by atoms with van der Waals surface area (Å²) in [6, 6.07) is 4.10. The van der Waals surface area contributed by atoms with Crippen LogP contribution in [0.25, 0.3) is 0 Å². The summed E-state index contributed by atoms with van der Waals surface area (Å²) in [7, 11) is 1.81. The summed E-state index contributed by atoms with van der Waals surface area (Å²) in [5.74, 6) is 1.73. The predicted molar refractivity (Wildman–Crippen MR) is 113 cm³/mol. The van der Waals surface area contributed by atoms with Gasteiger partial charge in [0.2, 0.25) is 0 Å². The summed E-state index contributed by atoms with van der Waals surface area (Å²) >= 11 is 8.07. The van der Waals surface area contributed by atoms with Crippen molar-refractivity contribution in [2.75, 3.05) is 37.8 Å². The summed E-state index contributed by atoms with van der Waals surface area (Å²) in [5.41, 5.74) is 0. The molecule has 2 atom stereocenters. The Morgan fingerprint density at radius 1 is 1.61 bits per heavy atom. The molecule has 1 saturated heterocycles. The molecule has 2 N–H and O–H groups in total. The van der Waals surface area contributed by atoms with Crippen LogP contribution in [0.3, 0.4) is 0 Å². The van der Waals surface area contributed by atoms with Crippen molar-refractivity contribution in [3.63, 3.8) is 0 Å². The minimum absolute atomic E-state index is 0. The SMILES string of the molecule is CN=C(NCC(C)SC)NC1CCN(c2ncccc2Cl)C1.I. The number of rotatable bonds is 5. The molecule has 0 aliphatic carbocycles. The van der Waals surface area contributed by atoms with E-state index in [2.05, 4.69) is 38.7 Å². The highest BCUT2D eigenvalue weighted by Gasteiger charge is 2.25. The maximum Gasteiger partial charge on any atom is 0.191 e. The van der Waals surface area contributed by atoms with Gasteiger partial charge in [0.15, 0.2) is 5.96 Å². The Morgan fingerprint density at radius 2 is 2.39 bits per heavy atom. The average Bonchev–Trinajstić information content (AvgIpc) is 2.99. The third-order valence-corrected chi connectivity index (χ3v) is 5.02. The molecule has 1 aromatic rings. The highest BCUT2D eigenvalue weighted by atomic mass is 127. The van der Waals surface area contributed by atoms with Gasteiger partial charge in [-0.15, -0.1) is 24.0 Å². The molecule has 0 saturated carbocycles. The van der Waals surface area contributed by atoms with Gasteiger partial charge >= 0.3 is 0 Å². The van der Waals surface area contributed by atoms with Crippen molar-refractivity contribution < 1.29 is 0 Å². The number of anilines is 1. The number of halogens is 2. The summed E-state index contributed by atoms with van der Waals surface area (Å²) in [6.45, 7) is 4.94. The first kappa shape index (κ1) is 20.6. The fourth-order valence-electron chi connectivity index (χ4n) is 2.39. The van der Waals surface area contributed by atoms with E-state index in [0.29, 0.717) is 16.3 Å². The quantitative estimate of drug-likeness (QED) is 0.395. The van der Waals surface area contributed by atoms with E-state index in [1.165, 1.54) is 0 Å². The van der Waals surface area contributed by atoms with Crippen LogP contribution in [0.2, 0.25) is 5.02 Å². The van der Waals surface area contributed by atoms with Crippen molar-refractivity contribution in [3.8, 4) is 0 Å². The van der Waals surface area contributed by atoms with E-state index in [9.17, 15) is 0 Å². The van der Waals surface area contributed by atoms with Crippen molar-refractivity contribution in [1.82, 2.24) is 15.6 Å². The van der Waals surface area contributed by atoms with Crippen molar-refractivity contribution in [1.29, 1.82) is 0 Å². The van der Waals surface area contributed by atoms with E-state index in [-0.39, 0.29) is 24.0 Å². The predicted octanol–water partition coefficient (Wildman–Crippen LogP) is 2.85. The summed E-state index contributed by atoms with van der Waals surface area (Å²) in [6.07, 6.45) is 4.95. The molecular weight excluding hydrogens is 445 g/mol. The van der Waals surface area contributed by atoms with Crippen LogP contribution in [0.4, 0.5) is 5.82 Å². The van der Waals surface area contributed by atoms with Gasteiger partial charge in [-0.25, -0.2) is 4.98 Å². The van der Waals surface area contributed by atoms with E-state index < -0.39 is 0 Å². The Labute approximate surface area is 165 Å². The second-order valence-corrected chi connectivity index (χ2v) is 7.07. The summed E-state index contributed by atoms with van der Waals surface area (Å²) < 4.78 is 0. The Hall–Kier alpha value is -0.410. The molecule has 0 bridgehead atoms. The lowest BCUT2D eigenvalue weighted by Crippen LogP contribution is -2.46. The number of guanidine groups is 1. The van der Waals surface area contributed by atoms with Crippen LogP contribution in [0.1, 0.15) is 13.3 Å². The number of hydrogen-bond acceptors (Lipinski definition) is 4. The molecule has 2 heterocycles. The van der Waals surface area contributed by atoms with E-state index in [1.54, 1.807) is 13.2 Å². The topological polar surface area (TPSA) is 52.6 Å². The minimum atomic E-state index is 0. The molecule has 2 unspecified atom stereocenters. The number of thioether (sulfide) groups is 1. The average molecular weight is 470 g/mol. The fourth-order valence-corrected chi connectivity index (χ4v) is 2.88. The number of nitrogens with one attached hydrogen (secondary N) is 2. The number of aromatic nitrogens is 1. The van der Waals surface area contributed by atoms with Crippen LogP contribution < -0.4 is 15.5 Å². The van der Waals surface area contributed by atoms with Gasteiger partial charge in [0.05, 0.1) is 5.02 Å². The lowest BCUT2D eigenvalue weighted by molar-refractivity contribution is 0.647. The van der Waals surface area contributed by atoms with E-state index in [1.807, 2.05) is 23.9 Å². The Balaban J connectivity index is 0.00000264. The normalized spacial score (nSPS) is 19.2. The second kappa shape index (κ2) is 10.5. The Morgan fingerprint density at radius 3 is 3.04 bits per heavy atom. The first-order chi connectivity index (χ1) is 10.6. The molecule has 0 aromatic carbocycles. The minimum Gasteiger partial charge on any atom is -0.355 e. The van der Waals surface area contributed by atoms with Gasteiger partial charge < -0.3 is 15.5 Å². The van der Waals surface area contributed by atoms with Crippen molar-refractivity contribution in [3.05, 3.63) is 23.4 Å². The van der Waals surface area contributed by atoms with Crippen LogP contribution >= 0.6 is 47.3 Å². The number of hydrogen-bond donors (Lipinski definition) is 2. The monoisotopic (exact) mass is 469 g/mol. The fraction of sp³-hybridized carbons (Fsp3) is 0.600. The molecule has 1 fully saturated rings. The molecule has 1 aromatic heterocycles. The van der Waals surface area contributed by atoms with Crippen LogP contribution in [0, 0.1) is 0 Å². The van der Waals surface area contributed by atoms with E-state index in [4.69, 9.17) is 11.6 Å². The zero-order valence-corrected chi connectivity index (χ0v) is 17.7. The number of pyridine rings is 1. The lowest BCUT2D eigenvalue weighted by atomic mass is 10.3. The van der Waals surface area contributed by atoms with Crippen LogP contribution in [-0.4, -0.2) is 55.2 Å². The highest BCUT2D eigenvalue weighted by Crippen LogP contribution is 2.25. The maximum absolute atomic E-state index is 6.22. The number of aliphatic imine (C=N–C) groups is 1. The summed E-state index contributed by atoms with van der Waals surface area (Å²) in [5, 5.41) is 8.12. The Bertz CT molecular complexity index is 516. The molecule has 1 aliphatic rings. The third-order valence-electron chi connectivity index (χ3n) is 3.75. The molecule has 23 heavy (non-hydrogen) atoms. The molecular formula is C15H25ClIN5S. The smallest absolute Gasteiger partial charge is 0.191 e. The van der Waals surface area contributed by atoms with E-state index >= 15 is 0 Å². The van der Waals surface area contributed by atoms with Gasteiger partial charge in [-0.3, -0.25) is 4.99 Å². The Kier molecular flexibility index (Phi) is 9.38. The molecule has 0 spiro atoms. The molecule has 8 heteroatoms. The van der Waals surface area contributed by atoms with E-state index in [0.717, 1.165) is 37.8 Å². The van der Waals surface area contributed by atoms with Crippen molar-refractivity contribution >= 4 is 59.1 Å². The van der Waals surface area contributed by atoms with Gasteiger partial charge in [0.1, 0.15) is 5.82 Å². The first-order valence-corrected chi connectivity index (χ1v) is 9.16. The molecule has 130 valence electrons. The van der Waals surface area contributed by atoms with Gasteiger partial charge in [0.25, 0.3) is 0 Å². The first-order valence-electron chi connectivity index (χ1n) is 7.49.